The van der Waals surface area contributed by atoms with Crippen LogP contribution in [0.15, 0.2) is 30.3 Å². The number of amides is 1. The second-order valence-electron chi connectivity index (χ2n) is 4.29. The molecule has 0 bridgehead atoms. The summed E-state index contributed by atoms with van der Waals surface area (Å²) in [6.45, 7) is 0.240. The molecule has 0 aliphatic carbocycles. The smallest absolute Gasteiger partial charge is 0.282 e. The van der Waals surface area contributed by atoms with Gasteiger partial charge in [0.1, 0.15) is 11.4 Å². The molecule has 21 heavy (non-hydrogen) atoms. The summed E-state index contributed by atoms with van der Waals surface area (Å²) in [5.74, 6) is -1.32. The van der Waals surface area contributed by atoms with Crippen LogP contribution in [-0.4, -0.2) is 22.8 Å². The summed E-state index contributed by atoms with van der Waals surface area (Å²) in [4.78, 5) is 24.6. The number of thiophene rings is 1. The second kappa shape index (κ2) is 6.19. The largest absolute Gasteiger partial charge is 0.336 e. The summed E-state index contributed by atoms with van der Waals surface area (Å²) in [7, 11) is 1.49. The quantitative estimate of drug-likeness (QED) is 0.634. The monoisotopic (exact) mass is 328 g/mol. The minimum Gasteiger partial charge on any atom is -0.336 e. The first-order valence-corrected chi connectivity index (χ1v) is 7.01. The Morgan fingerprint density at radius 3 is 2.71 bits per heavy atom. The van der Waals surface area contributed by atoms with E-state index >= 15 is 0 Å². The molecule has 1 aromatic carbocycles. The third kappa shape index (κ3) is 3.56. The maximum Gasteiger partial charge on any atom is 0.282 e. The van der Waals surface area contributed by atoms with Gasteiger partial charge >= 0.3 is 0 Å². The number of rotatable bonds is 4. The number of carbonyl (C=O) groups excluding carboxylic acids is 1. The van der Waals surface area contributed by atoms with Gasteiger partial charge in [0.25, 0.3) is 11.6 Å². The van der Waals surface area contributed by atoms with E-state index in [9.17, 15) is 19.3 Å². The number of nitro benzene ring substituents is 1. The molecule has 0 atom stereocenters. The van der Waals surface area contributed by atoms with Crippen molar-refractivity contribution in [1.29, 1.82) is 0 Å². The van der Waals surface area contributed by atoms with Crippen molar-refractivity contribution >= 4 is 34.5 Å². The van der Waals surface area contributed by atoms with Crippen molar-refractivity contribution in [1.82, 2.24) is 4.90 Å². The van der Waals surface area contributed by atoms with E-state index in [1.807, 2.05) is 0 Å². The Labute approximate surface area is 128 Å². The fraction of sp³-hybridized carbons (Fsp3) is 0.154. The van der Waals surface area contributed by atoms with Gasteiger partial charge in [0, 0.05) is 18.0 Å². The Kier molecular flexibility index (Phi) is 4.54. The van der Waals surface area contributed by atoms with Crippen molar-refractivity contribution in [2.45, 2.75) is 6.54 Å². The zero-order valence-electron chi connectivity index (χ0n) is 10.9. The van der Waals surface area contributed by atoms with Crippen LogP contribution >= 0.6 is 22.9 Å². The SMILES string of the molecule is CN(Cc1ccc(Cl)s1)C(=O)c1cc(F)ccc1[N+](=O)[O-]. The molecule has 0 saturated carbocycles. The topological polar surface area (TPSA) is 63.5 Å². The number of hydrogen-bond acceptors (Lipinski definition) is 4. The summed E-state index contributed by atoms with van der Waals surface area (Å²) in [5, 5.41) is 10.9. The molecular formula is C13H10ClFN2O3S. The highest BCUT2D eigenvalue weighted by atomic mass is 35.5. The van der Waals surface area contributed by atoms with Gasteiger partial charge in [-0.05, 0) is 24.3 Å². The van der Waals surface area contributed by atoms with Crippen LogP contribution in [0.25, 0.3) is 0 Å². The van der Waals surface area contributed by atoms with E-state index in [4.69, 9.17) is 11.6 Å². The van der Waals surface area contributed by atoms with Crippen molar-refractivity contribution in [2.24, 2.45) is 0 Å². The van der Waals surface area contributed by atoms with E-state index in [-0.39, 0.29) is 12.1 Å². The maximum absolute atomic E-state index is 13.3. The van der Waals surface area contributed by atoms with E-state index in [0.29, 0.717) is 4.34 Å². The van der Waals surface area contributed by atoms with Gasteiger partial charge in [-0.1, -0.05) is 11.6 Å². The standard InChI is InChI=1S/C13H10ClFN2O3S/c1-16(7-9-3-5-12(14)21-9)13(18)10-6-8(15)2-4-11(10)17(19)20/h2-6H,7H2,1H3. The Bertz CT molecular complexity index is 704. The summed E-state index contributed by atoms with van der Waals surface area (Å²) < 4.78 is 13.8. The maximum atomic E-state index is 13.3. The first-order chi connectivity index (χ1) is 9.88. The van der Waals surface area contributed by atoms with Crippen LogP contribution in [0.1, 0.15) is 15.2 Å². The van der Waals surface area contributed by atoms with Crippen LogP contribution in [0.5, 0.6) is 0 Å². The van der Waals surface area contributed by atoms with Crippen LogP contribution in [0, 0.1) is 15.9 Å². The third-order valence-electron chi connectivity index (χ3n) is 2.75. The molecule has 0 saturated heterocycles. The molecule has 2 aromatic rings. The minimum atomic E-state index is -0.706. The summed E-state index contributed by atoms with van der Waals surface area (Å²) >= 11 is 7.11. The summed E-state index contributed by atoms with van der Waals surface area (Å²) in [5.41, 5.74) is -0.692. The molecule has 0 fully saturated rings. The molecule has 1 amide bonds. The van der Waals surface area contributed by atoms with E-state index in [2.05, 4.69) is 0 Å². The van der Waals surface area contributed by atoms with Crippen molar-refractivity contribution in [2.75, 3.05) is 7.05 Å². The highest BCUT2D eigenvalue weighted by molar-refractivity contribution is 7.16. The number of halogens is 2. The average Bonchev–Trinajstić information content (AvgIpc) is 2.82. The molecule has 0 aliphatic heterocycles. The lowest BCUT2D eigenvalue weighted by molar-refractivity contribution is -0.385. The normalized spacial score (nSPS) is 10.4. The summed E-state index contributed by atoms with van der Waals surface area (Å²) in [6.07, 6.45) is 0. The third-order valence-corrected chi connectivity index (χ3v) is 3.97. The molecule has 110 valence electrons. The number of nitrogens with zero attached hydrogens (tertiary/aromatic N) is 2. The van der Waals surface area contributed by atoms with Gasteiger partial charge in [-0.15, -0.1) is 11.3 Å². The molecule has 1 aromatic heterocycles. The zero-order chi connectivity index (χ0) is 15.6. The lowest BCUT2D eigenvalue weighted by Gasteiger charge is -2.16. The predicted molar refractivity (Wildman–Crippen MR) is 78.2 cm³/mol. The lowest BCUT2D eigenvalue weighted by atomic mass is 10.1. The van der Waals surface area contributed by atoms with Crippen LogP contribution in [0.3, 0.4) is 0 Å². The molecule has 0 unspecified atom stereocenters. The first-order valence-electron chi connectivity index (χ1n) is 5.82. The fourth-order valence-corrected chi connectivity index (χ4v) is 2.93. The molecule has 5 nitrogen and oxygen atoms in total. The second-order valence-corrected chi connectivity index (χ2v) is 6.09. The Balaban J connectivity index is 2.26. The van der Waals surface area contributed by atoms with E-state index in [1.54, 1.807) is 12.1 Å². The van der Waals surface area contributed by atoms with Gasteiger partial charge < -0.3 is 4.90 Å². The van der Waals surface area contributed by atoms with Gasteiger partial charge in [-0.3, -0.25) is 14.9 Å². The van der Waals surface area contributed by atoms with Crippen LogP contribution in [0.2, 0.25) is 4.34 Å². The van der Waals surface area contributed by atoms with Crippen molar-refractivity contribution in [3.05, 3.63) is 61.0 Å². The highest BCUT2D eigenvalue weighted by Gasteiger charge is 2.23. The van der Waals surface area contributed by atoms with E-state index in [1.165, 1.54) is 23.3 Å². The van der Waals surface area contributed by atoms with Crippen LogP contribution < -0.4 is 0 Å². The Hall–Kier alpha value is -1.99. The molecule has 1 heterocycles. The van der Waals surface area contributed by atoms with Crippen molar-refractivity contribution in [3.8, 4) is 0 Å². The predicted octanol–water partition coefficient (Wildman–Crippen LogP) is 3.72. The van der Waals surface area contributed by atoms with Crippen molar-refractivity contribution in [3.63, 3.8) is 0 Å². The number of nitro groups is 1. The van der Waals surface area contributed by atoms with Crippen LogP contribution in [-0.2, 0) is 6.54 Å². The number of benzene rings is 1. The van der Waals surface area contributed by atoms with E-state index < -0.39 is 22.3 Å². The Morgan fingerprint density at radius 1 is 1.43 bits per heavy atom. The molecule has 0 radical (unpaired) electrons. The molecule has 2 rings (SSSR count). The molecular weight excluding hydrogens is 319 g/mol. The number of carbonyl (C=O) groups is 1. The fourth-order valence-electron chi connectivity index (χ4n) is 1.79. The van der Waals surface area contributed by atoms with Crippen LogP contribution in [0.4, 0.5) is 10.1 Å². The first kappa shape index (κ1) is 15.4. The van der Waals surface area contributed by atoms with Gasteiger partial charge in [0.05, 0.1) is 15.8 Å². The molecule has 0 spiro atoms. The van der Waals surface area contributed by atoms with Gasteiger partial charge in [0.15, 0.2) is 0 Å². The minimum absolute atomic E-state index is 0.240. The lowest BCUT2D eigenvalue weighted by Crippen LogP contribution is -2.26. The molecule has 0 aliphatic rings. The highest BCUT2D eigenvalue weighted by Crippen LogP contribution is 2.25. The molecule has 8 heteroatoms. The Morgan fingerprint density at radius 2 is 2.14 bits per heavy atom. The summed E-state index contributed by atoms with van der Waals surface area (Å²) in [6, 6.07) is 6.27. The van der Waals surface area contributed by atoms with Gasteiger partial charge in [0.2, 0.25) is 0 Å². The van der Waals surface area contributed by atoms with E-state index in [0.717, 1.165) is 23.1 Å². The molecule has 0 N–H and O–H groups in total. The van der Waals surface area contributed by atoms with Crippen molar-refractivity contribution < 1.29 is 14.1 Å². The average molecular weight is 329 g/mol. The van der Waals surface area contributed by atoms with Gasteiger partial charge in [-0.25, -0.2) is 4.39 Å². The number of hydrogen-bond donors (Lipinski definition) is 0. The van der Waals surface area contributed by atoms with Gasteiger partial charge in [-0.2, -0.15) is 0 Å². The zero-order valence-corrected chi connectivity index (χ0v) is 12.4.